The van der Waals surface area contributed by atoms with Gasteiger partial charge in [-0.3, -0.25) is 4.89 Å². The first-order chi connectivity index (χ1) is 8.56. The van der Waals surface area contributed by atoms with Crippen molar-refractivity contribution < 1.29 is 44.2 Å². The molecule has 0 radical (unpaired) electrons. The van der Waals surface area contributed by atoms with Crippen LogP contribution in [0.4, 0.5) is 0 Å². The largest absolute Gasteiger partial charge is 1.00 e. The van der Waals surface area contributed by atoms with Gasteiger partial charge in [-0.1, -0.05) is 71.1 Å². The van der Waals surface area contributed by atoms with Crippen molar-refractivity contribution in [3.63, 3.8) is 0 Å². The molecule has 1 N–H and O–H groups in total. The van der Waals surface area contributed by atoms with Gasteiger partial charge in [-0.15, -0.1) is 0 Å². The van der Waals surface area contributed by atoms with Gasteiger partial charge in [0, 0.05) is 7.94 Å². The smallest absolute Gasteiger partial charge is 0.660 e. The van der Waals surface area contributed by atoms with Crippen LogP contribution in [0.3, 0.4) is 0 Å². The van der Waals surface area contributed by atoms with E-state index in [-0.39, 0.29) is 35.7 Å². The van der Waals surface area contributed by atoms with Gasteiger partial charge in [0.1, 0.15) is 0 Å². The summed E-state index contributed by atoms with van der Waals surface area (Å²) in [4.78, 5) is 29.6. The first kappa shape index (κ1) is 22.6. The minimum Gasteiger partial charge on any atom is -0.660 e. The van der Waals surface area contributed by atoms with Crippen molar-refractivity contribution in [3.8, 4) is 0 Å². The number of hydrogen-bond acceptors (Lipinski definition) is 3. The summed E-state index contributed by atoms with van der Waals surface area (Å²) in [6.07, 6.45) is 14.5. The van der Waals surface area contributed by atoms with E-state index in [9.17, 15) is 9.79 Å². The average molecular weight is 300 g/mol. The van der Waals surface area contributed by atoms with Gasteiger partial charge < -0.3 is 9.79 Å². The minimum absolute atomic E-state index is 0. The first-order valence-corrected chi connectivity index (χ1v) is 9.35. The monoisotopic (exact) mass is 300 g/mol. The van der Waals surface area contributed by atoms with Crippen LogP contribution in [0.1, 0.15) is 84.0 Å². The van der Waals surface area contributed by atoms with Gasteiger partial charge in [0.25, 0.3) is 0 Å². The Labute approximate surface area is 142 Å². The van der Waals surface area contributed by atoms with Crippen LogP contribution in [-0.4, -0.2) is 11.1 Å². The van der Waals surface area contributed by atoms with E-state index in [0.717, 1.165) is 12.8 Å². The second kappa shape index (κ2) is 15.7. The predicted octanol–water partition coefficient (Wildman–Crippen LogP) is 0.167. The topological polar surface area (TPSA) is 66.3 Å². The molecular formula is C14H30NaO3P. The summed E-state index contributed by atoms with van der Waals surface area (Å²) in [5, 5.41) is 0. The first-order valence-electron chi connectivity index (χ1n) is 7.59. The van der Waals surface area contributed by atoms with Crippen LogP contribution in [-0.2, 0) is 0 Å². The maximum atomic E-state index is 10.5. The van der Waals surface area contributed by atoms with Crippen molar-refractivity contribution in [2.45, 2.75) is 84.0 Å². The van der Waals surface area contributed by atoms with Crippen LogP contribution >= 0.6 is 7.94 Å². The summed E-state index contributed by atoms with van der Waals surface area (Å²) in [6.45, 7) is 2.24. The molecule has 0 saturated heterocycles. The standard InChI is InChI=1S/C14H31O3P.Na/c1-2-3-4-5-6-7-8-9-10-11-12-13-14-18(15,16)17;/h2-14H2,1H3,(H2,15,16,17);/q;+1/p-1. The Morgan fingerprint density at radius 1 is 0.684 bits per heavy atom. The van der Waals surface area contributed by atoms with Crippen molar-refractivity contribution in [1.29, 1.82) is 0 Å². The van der Waals surface area contributed by atoms with E-state index in [2.05, 4.69) is 6.92 Å². The molecule has 0 aliphatic rings. The van der Waals surface area contributed by atoms with Gasteiger partial charge in [-0.25, -0.2) is 0 Å². The molecule has 110 valence electrons. The Balaban J connectivity index is 0. The van der Waals surface area contributed by atoms with Gasteiger partial charge in [0.2, 0.25) is 0 Å². The van der Waals surface area contributed by atoms with E-state index < -0.39 is 7.94 Å². The SMILES string of the molecule is CCCCCCCCCCCCCC[P+]([O-])([O-])O.[Na+]. The van der Waals surface area contributed by atoms with Crippen LogP contribution in [0.2, 0.25) is 0 Å². The van der Waals surface area contributed by atoms with Gasteiger partial charge in [0.15, 0.2) is 0 Å². The summed E-state index contributed by atoms with van der Waals surface area (Å²) in [5.74, 6) is 0. The van der Waals surface area contributed by atoms with E-state index in [4.69, 9.17) is 4.89 Å². The molecule has 0 spiro atoms. The molecule has 0 atom stereocenters. The third-order valence-electron chi connectivity index (χ3n) is 3.29. The summed E-state index contributed by atoms with van der Waals surface area (Å²) < 4.78 is 0. The summed E-state index contributed by atoms with van der Waals surface area (Å²) >= 11 is 0. The minimum atomic E-state index is -4.00. The van der Waals surface area contributed by atoms with Gasteiger partial charge in [0.05, 0.1) is 6.16 Å². The molecule has 3 nitrogen and oxygen atoms in total. The Bertz CT molecular complexity index is 175. The Kier molecular flexibility index (Phi) is 18.7. The van der Waals surface area contributed by atoms with E-state index in [1.165, 1.54) is 57.8 Å². The van der Waals surface area contributed by atoms with Gasteiger partial charge in [-0.2, -0.15) is 0 Å². The van der Waals surface area contributed by atoms with E-state index in [1.807, 2.05) is 0 Å². The van der Waals surface area contributed by atoms with E-state index >= 15 is 0 Å². The zero-order valence-electron chi connectivity index (χ0n) is 12.9. The average Bonchev–Trinajstić information content (AvgIpc) is 2.29. The van der Waals surface area contributed by atoms with Crippen LogP contribution in [0, 0.1) is 0 Å². The second-order valence-electron chi connectivity index (χ2n) is 5.25. The number of unbranched alkanes of at least 4 members (excludes halogenated alkanes) is 11. The molecule has 0 unspecified atom stereocenters. The van der Waals surface area contributed by atoms with Crippen molar-refractivity contribution in [2.24, 2.45) is 0 Å². The van der Waals surface area contributed by atoms with Gasteiger partial charge in [-0.05, 0) is 12.8 Å². The van der Waals surface area contributed by atoms with Crippen molar-refractivity contribution in [1.82, 2.24) is 0 Å². The fourth-order valence-corrected chi connectivity index (χ4v) is 2.78. The molecule has 0 aliphatic carbocycles. The molecule has 0 aromatic carbocycles. The summed E-state index contributed by atoms with van der Waals surface area (Å²) in [7, 11) is -4.00. The molecule has 0 fully saturated rings. The van der Waals surface area contributed by atoms with E-state index in [0.29, 0.717) is 6.42 Å². The van der Waals surface area contributed by atoms with E-state index in [1.54, 1.807) is 0 Å². The zero-order valence-corrected chi connectivity index (χ0v) is 15.8. The quantitative estimate of drug-likeness (QED) is 0.299. The molecule has 0 amide bonds. The molecule has 0 aromatic rings. The van der Waals surface area contributed by atoms with Crippen molar-refractivity contribution >= 4 is 7.94 Å². The Morgan fingerprint density at radius 3 is 1.32 bits per heavy atom. The van der Waals surface area contributed by atoms with Crippen molar-refractivity contribution in [2.75, 3.05) is 6.16 Å². The molecule has 5 heteroatoms. The van der Waals surface area contributed by atoms with Gasteiger partial charge >= 0.3 is 29.6 Å². The number of hydrogen-bond donors (Lipinski definition) is 1. The molecular weight excluding hydrogens is 270 g/mol. The third-order valence-corrected chi connectivity index (χ3v) is 4.18. The van der Waals surface area contributed by atoms with Crippen molar-refractivity contribution in [3.05, 3.63) is 0 Å². The Hall–Kier alpha value is 1.31. The molecule has 19 heavy (non-hydrogen) atoms. The number of rotatable bonds is 13. The normalized spacial score (nSPS) is 11.4. The third kappa shape index (κ3) is 21.8. The summed E-state index contributed by atoms with van der Waals surface area (Å²) in [5.41, 5.74) is 0. The zero-order chi connectivity index (χ0) is 13.7. The predicted molar refractivity (Wildman–Crippen MR) is 75.1 cm³/mol. The maximum Gasteiger partial charge on any atom is 1.00 e. The fraction of sp³-hybridized carbons (Fsp3) is 1.00. The molecule has 0 bridgehead atoms. The molecule has 0 aromatic heterocycles. The van der Waals surface area contributed by atoms with Crippen LogP contribution in [0.25, 0.3) is 0 Å². The fourth-order valence-electron chi connectivity index (χ4n) is 2.15. The second-order valence-corrected chi connectivity index (χ2v) is 6.97. The van der Waals surface area contributed by atoms with Crippen LogP contribution in [0.15, 0.2) is 0 Å². The molecule has 0 heterocycles. The van der Waals surface area contributed by atoms with Crippen LogP contribution in [0.5, 0.6) is 0 Å². The molecule has 0 rings (SSSR count). The summed E-state index contributed by atoms with van der Waals surface area (Å²) in [6, 6.07) is 0. The molecule has 0 saturated carbocycles. The Morgan fingerprint density at radius 2 is 1.00 bits per heavy atom. The molecule has 0 aliphatic heterocycles. The maximum absolute atomic E-state index is 10.5. The van der Waals surface area contributed by atoms with Crippen LogP contribution < -0.4 is 39.3 Å².